The van der Waals surface area contributed by atoms with Crippen LogP contribution >= 0.6 is 0 Å². The second-order valence-corrected chi connectivity index (χ2v) is 4.87. The molecule has 0 aliphatic heterocycles. The van der Waals surface area contributed by atoms with Crippen LogP contribution in [0.25, 0.3) is 21.9 Å². The number of anilines is 1. The van der Waals surface area contributed by atoms with E-state index in [1.165, 1.54) is 0 Å². The van der Waals surface area contributed by atoms with Gasteiger partial charge in [0.15, 0.2) is 5.82 Å². The molecule has 104 valence electrons. The van der Waals surface area contributed by atoms with Crippen molar-refractivity contribution in [3.05, 3.63) is 30.1 Å². The average molecular weight is 270 g/mol. The van der Waals surface area contributed by atoms with E-state index in [1.807, 2.05) is 25.1 Å². The molecule has 0 atom stereocenters. The molecule has 0 aliphatic carbocycles. The van der Waals surface area contributed by atoms with E-state index in [0.717, 1.165) is 47.3 Å². The molecule has 0 fully saturated rings. The number of hydrogen-bond acceptors (Lipinski definition) is 4. The molecule has 2 N–H and O–H groups in total. The molecule has 0 aliphatic rings. The zero-order chi connectivity index (χ0) is 14.1. The van der Waals surface area contributed by atoms with Crippen molar-refractivity contribution in [3.63, 3.8) is 0 Å². The van der Waals surface area contributed by atoms with Crippen LogP contribution in [0.1, 0.15) is 12.2 Å². The Bertz CT molecular complexity index is 763. The number of nitrogen functional groups attached to an aromatic ring is 1. The quantitative estimate of drug-likeness (QED) is 0.740. The van der Waals surface area contributed by atoms with Gasteiger partial charge in [0, 0.05) is 25.6 Å². The second-order valence-electron chi connectivity index (χ2n) is 4.87. The summed E-state index contributed by atoms with van der Waals surface area (Å²) in [6.45, 7) is 3.60. The Hall–Kier alpha value is -2.14. The predicted octanol–water partition coefficient (Wildman–Crippen LogP) is 2.51. The summed E-state index contributed by atoms with van der Waals surface area (Å²) < 4.78 is 7.34. The predicted molar refractivity (Wildman–Crippen MR) is 80.7 cm³/mol. The van der Waals surface area contributed by atoms with E-state index in [4.69, 9.17) is 10.5 Å². The minimum Gasteiger partial charge on any atom is -0.385 e. The summed E-state index contributed by atoms with van der Waals surface area (Å²) in [5.41, 5.74) is 8.82. The number of rotatable bonds is 4. The first-order valence-corrected chi connectivity index (χ1v) is 6.72. The van der Waals surface area contributed by atoms with Crippen LogP contribution in [0.2, 0.25) is 0 Å². The molecule has 3 rings (SSSR count). The van der Waals surface area contributed by atoms with Crippen LogP contribution in [0.15, 0.2) is 24.3 Å². The van der Waals surface area contributed by atoms with Crippen molar-refractivity contribution in [1.82, 2.24) is 14.5 Å². The monoisotopic (exact) mass is 270 g/mol. The fraction of sp³-hybridized carbons (Fsp3) is 0.333. The average Bonchev–Trinajstić information content (AvgIpc) is 2.78. The number of benzene rings is 1. The maximum atomic E-state index is 6.05. The fourth-order valence-corrected chi connectivity index (χ4v) is 2.61. The molecule has 5 heteroatoms. The van der Waals surface area contributed by atoms with E-state index >= 15 is 0 Å². The van der Waals surface area contributed by atoms with Gasteiger partial charge in [0.25, 0.3) is 0 Å². The minimum absolute atomic E-state index is 0.493. The Morgan fingerprint density at radius 3 is 2.85 bits per heavy atom. The summed E-state index contributed by atoms with van der Waals surface area (Å²) in [6.07, 6.45) is 0.944. The van der Waals surface area contributed by atoms with Crippen LogP contribution in [0.5, 0.6) is 0 Å². The van der Waals surface area contributed by atoms with E-state index in [0.29, 0.717) is 5.82 Å². The summed E-state index contributed by atoms with van der Waals surface area (Å²) in [7, 11) is 1.72. The Labute approximate surface area is 117 Å². The molecular formula is C15H18N4O. The van der Waals surface area contributed by atoms with Crippen molar-refractivity contribution < 1.29 is 4.74 Å². The lowest BCUT2D eigenvalue weighted by molar-refractivity contribution is 0.190. The standard InChI is InChI=1S/C15H18N4O/c1-10-17-13-14(19(10)8-5-9-20-2)11-6-3-4-7-12(11)18-15(13)16/h3-4,6-7H,5,8-9H2,1-2H3,(H2,16,18). The molecule has 0 spiro atoms. The lowest BCUT2D eigenvalue weighted by Gasteiger charge is -2.08. The summed E-state index contributed by atoms with van der Waals surface area (Å²) in [6, 6.07) is 8.03. The molecule has 0 radical (unpaired) electrons. The third kappa shape index (κ3) is 2.00. The largest absolute Gasteiger partial charge is 0.385 e. The minimum atomic E-state index is 0.493. The van der Waals surface area contributed by atoms with E-state index in [1.54, 1.807) is 7.11 Å². The van der Waals surface area contributed by atoms with Gasteiger partial charge in [-0.25, -0.2) is 9.97 Å². The lowest BCUT2D eigenvalue weighted by Crippen LogP contribution is -2.04. The van der Waals surface area contributed by atoms with Gasteiger partial charge in [-0.3, -0.25) is 0 Å². The highest BCUT2D eigenvalue weighted by Crippen LogP contribution is 2.28. The Morgan fingerprint density at radius 1 is 1.25 bits per heavy atom. The molecule has 0 unspecified atom stereocenters. The molecule has 0 bridgehead atoms. The van der Waals surface area contributed by atoms with Gasteiger partial charge in [0.2, 0.25) is 0 Å². The van der Waals surface area contributed by atoms with Crippen LogP contribution in [0, 0.1) is 6.92 Å². The number of hydrogen-bond donors (Lipinski definition) is 1. The zero-order valence-electron chi connectivity index (χ0n) is 11.8. The summed E-state index contributed by atoms with van der Waals surface area (Å²) in [5, 5.41) is 1.09. The first-order valence-electron chi connectivity index (χ1n) is 6.72. The first-order chi connectivity index (χ1) is 9.72. The maximum absolute atomic E-state index is 6.05. The van der Waals surface area contributed by atoms with Gasteiger partial charge in [-0.05, 0) is 19.4 Å². The SMILES string of the molecule is COCCCn1c(C)nc2c(N)nc3ccccc3c21. The van der Waals surface area contributed by atoms with Crippen LogP contribution in [-0.2, 0) is 11.3 Å². The van der Waals surface area contributed by atoms with Gasteiger partial charge in [-0.15, -0.1) is 0 Å². The van der Waals surface area contributed by atoms with Gasteiger partial charge in [-0.2, -0.15) is 0 Å². The number of ether oxygens (including phenoxy) is 1. The van der Waals surface area contributed by atoms with Crippen molar-refractivity contribution in [3.8, 4) is 0 Å². The number of nitrogens with zero attached hydrogens (tertiary/aromatic N) is 3. The van der Waals surface area contributed by atoms with Crippen molar-refractivity contribution in [1.29, 1.82) is 0 Å². The maximum Gasteiger partial charge on any atom is 0.152 e. The molecule has 0 saturated heterocycles. The summed E-state index contributed by atoms with van der Waals surface area (Å²) >= 11 is 0. The molecule has 0 amide bonds. The van der Waals surface area contributed by atoms with Crippen molar-refractivity contribution in [2.45, 2.75) is 19.9 Å². The second kappa shape index (κ2) is 5.09. The van der Waals surface area contributed by atoms with E-state index < -0.39 is 0 Å². The van der Waals surface area contributed by atoms with Gasteiger partial charge >= 0.3 is 0 Å². The summed E-state index contributed by atoms with van der Waals surface area (Å²) in [4.78, 5) is 9.01. The third-order valence-electron chi connectivity index (χ3n) is 3.53. The number of fused-ring (bicyclic) bond motifs is 3. The van der Waals surface area contributed by atoms with Crippen LogP contribution in [-0.4, -0.2) is 28.3 Å². The number of pyridine rings is 1. The van der Waals surface area contributed by atoms with Gasteiger partial charge in [-0.1, -0.05) is 18.2 Å². The normalized spacial score (nSPS) is 11.5. The molecule has 3 aromatic rings. The van der Waals surface area contributed by atoms with Crippen molar-refractivity contribution in [2.24, 2.45) is 0 Å². The molecule has 2 heterocycles. The van der Waals surface area contributed by atoms with Crippen molar-refractivity contribution >= 4 is 27.8 Å². The van der Waals surface area contributed by atoms with Crippen molar-refractivity contribution in [2.75, 3.05) is 19.5 Å². The highest BCUT2D eigenvalue weighted by molar-refractivity contribution is 6.06. The lowest BCUT2D eigenvalue weighted by atomic mass is 10.2. The summed E-state index contributed by atoms with van der Waals surface area (Å²) in [5.74, 6) is 1.45. The highest BCUT2D eigenvalue weighted by Gasteiger charge is 2.14. The van der Waals surface area contributed by atoms with Crippen LogP contribution < -0.4 is 5.73 Å². The van der Waals surface area contributed by atoms with Crippen LogP contribution in [0.3, 0.4) is 0 Å². The Kier molecular flexibility index (Phi) is 3.28. The number of nitrogens with two attached hydrogens (primary N) is 1. The smallest absolute Gasteiger partial charge is 0.152 e. The number of aromatic nitrogens is 3. The Morgan fingerprint density at radius 2 is 2.05 bits per heavy atom. The zero-order valence-corrected chi connectivity index (χ0v) is 11.8. The van der Waals surface area contributed by atoms with Gasteiger partial charge in [0.05, 0.1) is 11.0 Å². The van der Waals surface area contributed by atoms with Crippen LogP contribution in [0.4, 0.5) is 5.82 Å². The fourth-order valence-electron chi connectivity index (χ4n) is 2.61. The molecular weight excluding hydrogens is 252 g/mol. The molecule has 1 aromatic carbocycles. The topological polar surface area (TPSA) is 66.0 Å². The Balaban J connectivity index is 2.25. The number of para-hydroxylation sites is 1. The highest BCUT2D eigenvalue weighted by atomic mass is 16.5. The molecule has 20 heavy (non-hydrogen) atoms. The number of methoxy groups -OCH3 is 1. The molecule has 5 nitrogen and oxygen atoms in total. The molecule has 0 saturated carbocycles. The van der Waals surface area contributed by atoms with E-state index in [2.05, 4.69) is 20.6 Å². The van der Waals surface area contributed by atoms with E-state index in [9.17, 15) is 0 Å². The number of aryl methyl sites for hydroxylation is 2. The van der Waals surface area contributed by atoms with E-state index in [-0.39, 0.29) is 0 Å². The van der Waals surface area contributed by atoms with Gasteiger partial charge in [0.1, 0.15) is 11.3 Å². The first kappa shape index (κ1) is 12.9. The molecule has 2 aromatic heterocycles. The number of imidazole rings is 1. The van der Waals surface area contributed by atoms with Gasteiger partial charge < -0.3 is 15.0 Å². The third-order valence-corrected chi connectivity index (χ3v) is 3.53.